The Balaban J connectivity index is 1.51. The van der Waals surface area contributed by atoms with Crippen LogP contribution in [-0.4, -0.2) is 64.6 Å². The minimum Gasteiger partial charge on any atom is -0.495 e. The molecule has 1 saturated heterocycles. The van der Waals surface area contributed by atoms with Crippen LogP contribution in [0.15, 0.2) is 47.4 Å². The number of piperidine rings is 1. The average molecular weight is 489 g/mol. The first-order valence-corrected chi connectivity index (χ1v) is 12.5. The van der Waals surface area contributed by atoms with E-state index >= 15 is 0 Å². The van der Waals surface area contributed by atoms with Crippen molar-refractivity contribution < 1.29 is 32.2 Å². The molecule has 1 atom stereocenters. The number of anilines is 1. The molecule has 0 aliphatic carbocycles. The van der Waals surface area contributed by atoms with Crippen LogP contribution in [0.25, 0.3) is 0 Å². The summed E-state index contributed by atoms with van der Waals surface area (Å²) in [5.74, 6) is -0.364. The fraction of sp³-hybridized carbons (Fsp3) is 0.417. The Kier molecular flexibility index (Phi) is 6.81. The van der Waals surface area contributed by atoms with Crippen molar-refractivity contribution in [2.24, 2.45) is 5.92 Å². The molecule has 0 saturated carbocycles. The van der Waals surface area contributed by atoms with E-state index in [2.05, 4.69) is 0 Å². The summed E-state index contributed by atoms with van der Waals surface area (Å²) in [6.45, 7) is 2.29. The van der Waals surface area contributed by atoms with Crippen molar-refractivity contribution in [3.05, 3.63) is 48.0 Å². The molecule has 9 nitrogen and oxygen atoms in total. The van der Waals surface area contributed by atoms with Gasteiger partial charge in [-0.3, -0.25) is 4.79 Å². The molecule has 4 rings (SSSR count). The van der Waals surface area contributed by atoms with E-state index in [-0.39, 0.29) is 36.4 Å². The van der Waals surface area contributed by atoms with E-state index in [1.54, 1.807) is 47.4 Å². The van der Waals surface area contributed by atoms with Crippen LogP contribution < -0.4 is 14.4 Å². The number of nitrogens with zero attached hydrogens (tertiary/aromatic N) is 2. The number of fused-ring (bicyclic) bond motifs is 1. The van der Waals surface area contributed by atoms with Gasteiger partial charge in [0.2, 0.25) is 22.0 Å². The molecule has 2 aromatic carbocycles. The highest BCUT2D eigenvalue weighted by molar-refractivity contribution is 7.89. The minimum atomic E-state index is -3.77. The number of aryl methyl sites for hydroxylation is 1. The first-order valence-electron chi connectivity index (χ1n) is 11.1. The maximum absolute atomic E-state index is 13.5. The Morgan fingerprint density at radius 2 is 1.76 bits per heavy atom. The number of amides is 1. The molecule has 0 N–H and O–H groups in total. The number of hydrogen-bond acceptors (Lipinski definition) is 7. The molecule has 0 radical (unpaired) electrons. The normalized spacial score (nSPS) is 19.1. The van der Waals surface area contributed by atoms with Crippen molar-refractivity contribution in [3.63, 3.8) is 0 Å². The van der Waals surface area contributed by atoms with Crippen molar-refractivity contribution in [1.82, 2.24) is 4.31 Å². The summed E-state index contributed by atoms with van der Waals surface area (Å²) in [6, 6.07) is 12.1. The first-order chi connectivity index (χ1) is 16.3. The third kappa shape index (κ3) is 4.47. The highest BCUT2D eigenvalue weighted by Gasteiger charge is 2.39. The monoisotopic (exact) mass is 488 g/mol. The highest BCUT2D eigenvalue weighted by atomic mass is 32.2. The smallest absolute Gasteiger partial charge is 0.348 e. The van der Waals surface area contributed by atoms with Gasteiger partial charge in [0.25, 0.3) is 0 Å². The van der Waals surface area contributed by atoms with Gasteiger partial charge in [0.05, 0.1) is 26.5 Å². The fourth-order valence-electron chi connectivity index (χ4n) is 4.39. The van der Waals surface area contributed by atoms with Gasteiger partial charge in [-0.15, -0.1) is 0 Å². The first kappa shape index (κ1) is 24.0. The van der Waals surface area contributed by atoms with E-state index in [0.717, 1.165) is 5.56 Å². The predicted octanol–water partition coefficient (Wildman–Crippen LogP) is 2.37. The van der Waals surface area contributed by atoms with Gasteiger partial charge in [-0.25, -0.2) is 13.2 Å². The second kappa shape index (κ2) is 9.63. The van der Waals surface area contributed by atoms with Gasteiger partial charge in [-0.1, -0.05) is 18.2 Å². The van der Waals surface area contributed by atoms with Crippen LogP contribution in [0.1, 0.15) is 18.4 Å². The summed E-state index contributed by atoms with van der Waals surface area (Å²) >= 11 is 0. The number of benzene rings is 2. The van der Waals surface area contributed by atoms with Crippen LogP contribution >= 0.6 is 0 Å². The second-order valence-corrected chi connectivity index (χ2v) is 10.3. The van der Waals surface area contributed by atoms with Gasteiger partial charge in [0, 0.05) is 19.0 Å². The quantitative estimate of drug-likeness (QED) is 0.596. The highest BCUT2D eigenvalue weighted by Crippen LogP contribution is 2.36. The number of rotatable bonds is 5. The summed E-state index contributed by atoms with van der Waals surface area (Å²) < 4.78 is 43.8. The van der Waals surface area contributed by atoms with Crippen LogP contribution in [0.3, 0.4) is 0 Å². The lowest BCUT2D eigenvalue weighted by atomic mass is 9.95. The summed E-state index contributed by atoms with van der Waals surface area (Å²) in [4.78, 5) is 27.3. The molecule has 1 unspecified atom stereocenters. The standard InChI is InChI=1S/C24H28N2O7S/c1-16-8-9-20(31-2)22(14-16)34(29,30)25-12-10-17(11-13-25)23(27)26-15-21(24(28)32-3)33-19-7-5-4-6-18(19)26/h4-9,14,17,21H,10-13,15H2,1-3H3. The number of methoxy groups -OCH3 is 2. The Morgan fingerprint density at radius 1 is 1.06 bits per heavy atom. The van der Waals surface area contributed by atoms with Gasteiger partial charge < -0.3 is 19.1 Å². The van der Waals surface area contributed by atoms with Crippen LogP contribution in [0.4, 0.5) is 5.69 Å². The molecule has 0 bridgehead atoms. The molecule has 2 heterocycles. The minimum absolute atomic E-state index is 0.0432. The lowest BCUT2D eigenvalue weighted by Crippen LogP contribution is -2.51. The molecular weight excluding hydrogens is 460 g/mol. The molecule has 182 valence electrons. The van der Waals surface area contributed by atoms with Crippen molar-refractivity contribution in [1.29, 1.82) is 0 Å². The van der Waals surface area contributed by atoms with E-state index in [4.69, 9.17) is 14.2 Å². The van der Waals surface area contributed by atoms with Gasteiger partial charge in [-0.05, 0) is 49.6 Å². The van der Waals surface area contributed by atoms with Crippen molar-refractivity contribution in [3.8, 4) is 11.5 Å². The average Bonchev–Trinajstić information content (AvgIpc) is 2.87. The van der Waals surface area contributed by atoms with Crippen molar-refractivity contribution in [2.45, 2.75) is 30.8 Å². The maximum atomic E-state index is 13.5. The zero-order valence-corrected chi connectivity index (χ0v) is 20.2. The number of ether oxygens (including phenoxy) is 3. The number of esters is 1. The van der Waals surface area contributed by atoms with E-state index in [1.807, 2.05) is 6.92 Å². The zero-order chi connectivity index (χ0) is 24.5. The summed E-state index contributed by atoms with van der Waals surface area (Å²) in [6.07, 6.45) is -0.179. The summed E-state index contributed by atoms with van der Waals surface area (Å²) in [7, 11) is -1.05. The van der Waals surface area contributed by atoms with E-state index in [9.17, 15) is 18.0 Å². The number of para-hydroxylation sites is 2. The number of carbonyl (C=O) groups excluding carboxylic acids is 2. The van der Waals surface area contributed by atoms with Gasteiger partial charge in [0.15, 0.2) is 0 Å². The number of hydrogen-bond donors (Lipinski definition) is 0. The molecule has 1 amide bonds. The van der Waals surface area contributed by atoms with E-state index < -0.39 is 22.1 Å². The summed E-state index contributed by atoms with van der Waals surface area (Å²) in [5, 5.41) is 0. The molecule has 2 aliphatic heterocycles. The number of sulfonamides is 1. The summed E-state index contributed by atoms with van der Waals surface area (Å²) in [5.41, 5.74) is 1.41. The molecule has 1 fully saturated rings. The molecular formula is C24H28N2O7S. The van der Waals surface area contributed by atoms with Crippen molar-refractivity contribution in [2.75, 3.05) is 38.8 Å². The maximum Gasteiger partial charge on any atom is 0.348 e. The van der Waals surface area contributed by atoms with Gasteiger partial charge in [0.1, 0.15) is 16.4 Å². The third-order valence-corrected chi connectivity index (χ3v) is 8.16. The topological polar surface area (TPSA) is 102 Å². The fourth-order valence-corrected chi connectivity index (χ4v) is 6.10. The molecule has 2 aromatic rings. The third-order valence-electron chi connectivity index (χ3n) is 6.24. The Labute approximate surface area is 199 Å². The van der Waals surface area contributed by atoms with Crippen LogP contribution in [0.2, 0.25) is 0 Å². The van der Waals surface area contributed by atoms with Crippen LogP contribution in [0, 0.1) is 12.8 Å². The lowest BCUT2D eigenvalue weighted by molar-refractivity contribution is -0.148. The Morgan fingerprint density at radius 3 is 2.44 bits per heavy atom. The van der Waals surface area contributed by atoms with Gasteiger partial charge in [-0.2, -0.15) is 4.31 Å². The molecule has 2 aliphatic rings. The SMILES string of the molecule is COC(=O)C1CN(C(=O)C2CCN(S(=O)(=O)c3cc(C)ccc3OC)CC2)c2ccccc2O1. The van der Waals surface area contributed by atoms with E-state index in [1.165, 1.54) is 18.5 Å². The number of carbonyl (C=O) groups is 2. The Bertz CT molecular complexity index is 1190. The van der Waals surface area contributed by atoms with Gasteiger partial charge >= 0.3 is 5.97 Å². The zero-order valence-electron chi connectivity index (χ0n) is 19.4. The molecule has 34 heavy (non-hydrogen) atoms. The largest absolute Gasteiger partial charge is 0.495 e. The molecule has 0 spiro atoms. The van der Waals surface area contributed by atoms with Crippen LogP contribution in [-0.2, 0) is 24.3 Å². The molecule has 10 heteroatoms. The predicted molar refractivity (Wildman–Crippen MR) is 124 cm³/mol. The van der Waals surface area contributed by atoms with Crippen LogP contribution in [0.5, 0.6) is 11.5 Å². The Hall–Kier alpha value is -3.11. The lowest BCUT2D eigenvalue weighted by Gasteiger charge is -2.37. The van der Waals surface area contributed by atoms with Crippen molar-refractivity contribution >= 4 is 27.6 Å². The van der Waals surface area contributed by atoms with E-state index in [0.29, 0.717) is 30.0 Å². The second-order valence-electron chi connectivity index (χ2n) is 8.38. The molecule has 0 aromatic heterocycles.